The van der Waals surface area contributed by atoms with Gasteiger partial charge in [0.15, 0.2) is 0 Å². The highest BCUT2D eigenvalue weighted by molar-refractivity contribution is 5.98. The number of carbonyl (C=O) groups is 2. The molecule has 3 aromatic carbocycles. The predicted octanol–water partition coefficient (Wildman–Crippen LogP) is 4.25. The van der Waals surface area contributed by atoms with Crippen LogP contribution in [0.3, 0.4) is 0 Å². The number of benzene rings is 3. The van der Waals surface area contributed by atoms with Crippen LogP contribution < -0.4 is 5.32 Å². The smallest absolute Gasteiger partial charge is 0.328 e. The number of amides is 1. The largest absolute Gasteiger partial charge is 0.467 e. The second-order valence-corrected chi connectivity index (χ2v) is 6.92. The van der Waals surface area contributed by atoms with Crippen LogP contribution in [0, 0.1) is 0 Å². The fourth-order valence-electron chi connectivity index (χ4n) is 3.75. The molecule has 1 N–H and O–H groups in total. The second-order valence-electron chi connectivity index (χ2n) is 6.92. The molecule has 0 aromatic heterocycles. The maximum atomic E-state index is 14.0. The molecule has 4 nitrogen and oxygen atoms in total. The summed E-state index contributed by atoms with van der Waals surface area (Å²) in [5, 5.41) is 2.92. The van der Waals surface area contributed by atoms with E-state index in [1.807, 2.05) is 91.0 Å². The first-order chi connectivity index (χ1) is 14.6. The van der Waals surface area contributed by atoms with Crippen molar-refractivity contribution in [2.24, 2.45) is 0 Å². The zero-order valence-corrected chi connectivity index (χ0v) is 17.0. The van der Waals surface area contributed by atoms with Crippen LogP contribution in [0.1, 0.15) is 23.1 Å². The minimum Gasteiger partial charge on any atom is -0.467 e. The average Bonchev–Trinajstić information content (AvgIpc) is 2.81. The van der Waals surface area contributed by atoms with E-state index in [2.05, 4.69) is 11.9 Å². The Morgan fingerprint density at radius 2 is 1.27 bits per heavy atom. The molecule has 0 aliphatic carbocycles. The lowest BCUT2D eigenvalue weighted by molar-refractivity contribution is -0.145. The molecule has 0 aliphatic heterocycles. The van der Waals surface area contributed by atoms with Crippen molar-refractivity contribution >= 4 is 11.9 Å². The van der Waals surface area contributed by atoms with Gasteiger partial charge in [0.1, 0.15) is 11.5 Å². The van der Waals surface area contributed by atoms with Crippen LogP contribution in [0.4, 0.5) is 0 Å². The van der Waals surface area contributed by atoms with Crippen molar-refractivity contribution in [1.29, 1.82) is 0 Å². The highest BCUT2D eigenvalue weighted by Crippen LogP contribution is 2.39. The molecular formula is C26H25NO3. The van der Waals surface area contributed by atoms with Gasteiger partial charge in [0.2, 0.25) is 5.91 Å². The molecule has 0 unspecified atom stereocenters. The third-order valence-corrected chi connectivity index (χ3v) is 5.15. The van der Waals surface area contributed by atoms with Crippen LogP contribution in [-0.2, 0) is 19.7 Å². The monoisotopic (exact) mass is 399 g/mol. The van der Waals surface area contributed by atoms with Gasteiger partial charge in [-0.2, -0.15) is 0 Å². The highest BCUT2D eigenvalue weighted by atomic mass is 16.5. The van der Waals surface area contributed by atoms with Gasteiger partial charge in [0.25, 0.3) is 0 Å². The fourth-order valence-corrected chi connectivity index (χ4v) is 3.75. The summed E-state index contributed by atoms with van der Waals surface area (Å²) < 4.78 is 4.89. The zero-order chi connectivity index (χ0) is 21.4. The normalized spacial score (nSPS) is 11.9. The molecule has 4 heteroatoms. The van der Waals surface area contributed by atoms with Crippen molar-refractivity contribution in [1.82, 2.24) is 5.32 Å². The third-order valence-electron chi connectivity index (χ3n) is 5.15. The molecule has 152 valence electrons. The van der Waals surface area contributed by atoms with Gasteiger partial charge >= 0.3 is 5.97 Å². The molecule has 1 atom stereocenters. The van der Waals surface area contributed by atoms with Gasteiger partial charge in [-0.25, -0.2) is 4.79 Å². The van der Waals surface area contributed by atoms with E-state index in [1.165, 1.54) is 7.11 Å². The Morgan fingerprint density at radius 1 is 0.867 bits per heavy atom. The third kappa shape index (κ3) is 4.03. The summed E-state index contributed by atoms with van der Waals surface area (Å²) in [7, 11) is 1.31. The summed E-state index contributed by atoms with van der Waals surface area (Å²) in [4.78, 5) is 26.3. The first-order valence-corrected chi connectivity index (χ1v) is 9.80. The van der Waals surface area contributed by atoms with E-state index in [4.69, 9.17) is 4.74 Å². The molecule has 0 fully saturated rings. The molecule has 0 bridgehead atoms. The van der Waals surface area contributed by atoms with Gasteiger partial charge in [0, 0.05) is 0 Å². The molecule has 0 saturated carbocycles. The minimum atomic E-state index is -1.14. The minimum absolute atomic E-state index is 0.271. The fraction of sp³-hybridized carbons (Fsp3) is 0.154. The first kappa shape index (κ1) is 21.1. The Labute approximate surface area is 177 Å². The molecule has 0 saturated heterocycles. The van der Waals surface area contributed by atoms with E-state index in [1.54, 1.807) is 6.08 Å². The van der Waals surface area contributed by atoms with Crippen LogP contribution in [0.15, 0.2) is 104 Å². The topological polar surface area (TPSA) is 55.4 Å². The number of nitrogens with one attached hydrogen (secondary N) is 1. The molecule has 3 rings (SSSR count). The molecular weight excluding hydrogens is 374 g/mol. The lowest BCUT2D eigenvalue weighted by Gasteiger charge is -2.35. The van der Waals surface area contributed by atoms with Crippen molar-refractivity contribution < 1.29 is 14.3 Å². The summed E-state index contributed by atoms with van der Waals surface area (Å²) in [6, 6.07) is 27.9. The Morgan fingerprint density at radius 3 is 1.60 bits per heavy atom. The molecule has 0 aliphatic rings. The Bertz CT molecular complexity index is 888. The van der Waals surface area contributed by atoms with Crippen LogP contribution in [0.5, 0.6) is 0 Å². The quantitative estimate of drug-likeness (QED) is 0.350. The standard InChI is InChI=1S/C26H25NO3/c1-3-13-23(24(28)30-2)27-25(29)26(20-14-7-4-8-15-20,21-16-9-5-10-17-21)22-18-11-6-12-19-22/h3-12,14-19,23H,1,13H2,2H3,(H,27,29)/t23-/m1/s1. The Hall–Kier alpha value is -3.66. The van der Waals surface area contributed by atoms with Crippen LogP contribution in [0.2, 0.25) is 0 Å². The predicted molar refractivity (Wildman–Crippen MR) is 118 cm³/mol. The van der Waals surface area contributed by atoms with Crippen LogP contribution in [-0.4, -0.2) is 25.0 Å². The molecule has 0 spiro atoms. The van der Waals surface area contributed by atoms with E-state index in [0.717, 1.165) is 16.7 Å². The highest BCUT2D eigenvalue weighted by Gasteiger charge is 2.44. The number of ether oxygens (including phenoxy) is 1. The van der Waals surface area contributed by atoms with Gasteiger partial charge < -0.3 is 10.1 Å². The van der Waals surface area contributed by atoms with Crippen molar-refractivity contribution in [2.75, 3.05) is 7.11 Å². The summed E-state index contributed by atoms with van der Waals surface area (Å²) in [6.45, 7) is 3.70. The SMILES string of the molecule is C=CC[C@@H](NC(=O)C(c1ccccc1)(c1ccccc1)c1ccccc1)C(=O)OC. The average molecular weight is 399 g/mol. The van der Waals surface area contributed by atoms with Crippen molar-refractivity contribution in [3.05, 3.63) is 120 Å². The molecule has 30 heavy (non-hydrogen) atoms. The molecule has 0 radical (unpaired) electrons. The Balaban J connectivity index is 2.24. The lowest BCUT2D eigenvalue weighted by atomic mass is 9.68. The number of rotatable bonds is 8. The lowest BCUT2D eigenvalue weighted by Crippen LogP contribution is -2.52. The summed E-state index contributed by atoms with van der Waals surface area (Å²) in [5.74, 6) is -0.810. The number of esters is 1. The van der Waals surface area contributed by atoms with Gasteiger partial charge in [-0.3, -0.25) is 4.79 Å². The van der Waals surface area contributed by atoms with Gasteiger partial charge in [-0.1, -0.05) is 97.1 Å². The van der Waals surface area contributed by atoms with E-state index in [0.29, 0.717) is 0 Å². The van der Waals surface area contributed by atoms with Crippen LogP contribution in [0.25, 0.3) is 0 Å². The van der Waals surface area contributed by atoms with Crippen LogP contribution >= 0.6 is 0 Å². The van der Waals surface area contributed by atoms with Crippen molar-refractivity contribution in [2.45, 2.75) is 17.9 Å². The summed E-state index contributed by atoms with van der Waals surface area (Å²) >= 11 is 0. The van der Waals surface area contributed by atoms with Crippen molar-refractivity contribution in [3.63, 3.8) is 0 Å². The first-order valence-electron chi connectivity index (χ1n) is 9.80. The van der Waals surface area contributed by atoms with E-state index >= 15 is 0 Å². The molecule has 3 aromatic rings. The summed E-state index contributed by atoms with van der Waals surface area (Å²) in [6.07, 6.45) is 1.87. The molecule has 1 amide bonds. The van der Waals surface area contributed by atoms with Gasteiger partial charge in [-0.15, -0.1) is 6.58 Å². The van der Waals surface area contributed by atoms with Gasteiger partial charge in [0.05, 0.1) is 7.11 Å². The number of hydrogen-bond donors (Lipinski definition) is 1. The maximum absolute atomic E-state index is 14.0. The van der Waals surface area contributed by atoms with E-state index in [-0.39, 0.29) is 12.3 Å². The van der Waals surface area contributed by atoms with Gasteiger partial charge in [-0.05, 0) is 23.1 Å². The summed E-state index contributed by atoms with van der Waals surface area (Å²) in [5.41, 5.74) is 1.28. The van der Waals surface area contributed by atoms with E-state index in [9.17, 15) is 9.59 Å². The number of methoxy groups -OCH3 is 1. The second kappa shape index (κ2) is 9.70. The maximum Gasteiger partial charge on any atom is 0.328 e. The molecule has 0 heterocycles. The van der Waals surface area contributed by atoms with Crippen molar-refractivity contribution in [3.8, 4) is 0 Å². The zero-order valence-electron chi connectivity index (χ0n) is 17.0. The van der Waals surface area contributed by atoms with E-state index < -0.39 is 17.4 Å². The number of carbonyl (C=O) groups excluding carboxylic acids is 2. The number of hydrogen-bond acceptors (Lipinski definition) is 3. The Kier molecular flexibility index (Phi) is 6.81.